The summed E-state index contributed by atoms with van der Waals surface area (Å²) in [4.78, 5) is 2.32. The van der Waals surface area contributed by atoms with Gasteiger partial charge in [0.2, 0.25) is 0 Å². The number of rotatable bonds is 6. The van der Waals surface area contributed by atoms with Gasteiger partial charge in [0.05, 0.1) is 0 Å². The summed E-state index contributed by atoms with van der Waals surface area (Å²) < 4.78 is 13.8. The highest BCUT2D eigenvalue weighted by Gasteiger charge is 2.21. The summed E-state index contributed by atoms with van der Waals surface area (Å²) in [6.07, 6.45) is 4.09. The van der Waals surface area contributed by atoms with Crippen molar-refractivity contribution in [2.45, 2.75) is 25.3 Å². The third-order valence-electron chi connectivity index (χ3n) is 3.92. The second-order valence-corrected chi connectivity index (χ2v) is 5.38. The van der Waals surface area contributed by atoms with Crippen LogP contribution in [-0.2, 0) is 0 Å². The van der Waals surface area contributed by atoms with E-state index in [1.807, 2.05) is 19.2 Å². The van der Waals surface area contributed by atoms with Crippen LogP contribution in [0.15, 0.2) is 24.3 Å². The van der Waals surface area contributed by atoms with Crippen LogP contribution in [-0.4, -0.2) is 32.1 Å². The van der Waals surface area contributed by atoms with Crippen molar-refractivity contribution in [1.29, 1.82) is 0 Å². The van der Waals surface area contributed by atoms with E-state index in [0.717, 1.165) is 24.6 Å². The predicted molar refractivity (Wildman–Crippen MR) is 73.0 cm³/mol. The van der Waals surface area contributed by atoms with E-state index < -0.39 is 0 Å². The molecule has 2 rings (SSSR count). The van der Waals surface area contributed by atoms with Crippen molar-refractivity contribution in [3.05, 3.63) is 35.6 Å². The summed E-state index contributed by atoms with van der Waals surface area (Å²) in [5.74, 6) is 0.738. The normalized spacial score (nSPS) is 17.8. The van der Waals surface area contributed by atoms with Gasteiger partial charge in [-0.1, -0.05) is 24.6 Å². The number of nitrogens with one attached hydrogen (secondary N) is 1. The average molecular weight is 250 g/mol. The van der Waals surface area contributed by atoms with E-state index in [4.69, 9.17) is 0 Å². The lowest BCUT2D eigenvalue weighted by molar-refractivity contribution is 0.192. The number of halogens is 1. The Morgan fingerprint density at radius 2 is 2.11 bits per heavy atom. The highest BCUT2D eigenvalue weighted by molar-refractivity contribution is 5.21. The van der Waals surface area contributed by atoms with Crippen LogP contribution in [0.2, 0.25) is 0 Å². The smallest absolute Gasteiger partial charge is 0.128 e. The fourth-order valence-corrected chi connectivity index (χ4v) is 2.61. The molecule has 0 aromatic heterocycles. The van der Waals surface area contributed by atoms with E-state index in [2.05, 4.69) is 17.3 Å². The van der Waals surface area contributed by atoms with Crippen molar-refractivity contribution in [2.24, 2.45) is 5.92 Å². The molecule has 1 saturated carbocycles. The predicted octanol–water partition coefficient (Wildman–Crippen LogP) is 2.82. The fraction of sp³-hybridized carbons (Fsp3) is 0.600. The molecule has 0 aliphatic heterocycles. The Morgan fingerprint density at radius 3 is 2.67 bits per heavy atom. The first-order chi connectivity index (χ1) is 8.70. The van der Waals surface area contributed by atoms with E-state index in [-0.39, 0.29) is 11.9 Å². The Kier molecular flexibility index (Phi) is 4.72. The average Bonchev–Trinajstić information content (AvgIpc) is 2.32. The van der Waals surface area contributed by atoms with Crippen molar-refractivity contribution in [3.8, 4) is 0 Å². The number of likely N-dealkylation sites (N-methyl/N-ethyl adjacent to an activating group) is 2. The summed E-state index contributed by atoms with van der Waals surface area (Å²) in [6, 6.07) is 7.11. The van der Waals surface area contributed by atoms with Crippen LogP contribution in [0.3, 0.4) is 0 Å². The van der Waals surface area contributed by atoms with Gasteiger partial charge >= 0.3 is 0 Å². The zero-order valence-electron chi connectivity index (χ0n) is 11.3. The molecule has 1 aromatic carbocycles. The Labute approximate surface area is 109 Å². The molecule has 1 aromatic rings. The van der Waals surface area contributed by atoms with Gasteiger partial charge in [-0.3, -0.25) is 0 Å². The summed E-state index contributed by atoms with van der Waals surface area (Å²) in [7, 11) is 4.03. The molecule has 100 valence electrons. The topological polar surface area (TPSA) is 15.3 Å². The van der Waals surface area contributed by atoms with E-state index in [1.54, 1.807) is 6.07 Å². The first kappa shape index (κ1) is 13.5. The third-order valence-corrected chi connectivity index (χ3v) is 3.92. The maximum atomic E-state index is 13.8. The summed E-state index contributed by atoms with van der Waals surface area (Å²) in [6.45, 7) is 1.99. The molecule has 1 fully saturated rings. The van der Waals surface area contributed by atoms with Gasteiger partial charge in [-0.2, -0.15) is 0 Å². The molecule has 1 unspecified atom stereocenters. The Bertz CT molecular complexity index is 377. The van der Waals surface area contributed by atoms with Gasteiger partial charge in [0.25, 0.3) is 0 Å². The van der Waals surface area contributed by atoms with Crippen LogP contribution in [0.25, 0.3) is 0 Å². The molecule has 0 spiro atoms. The SMILES string of the molecule is CNC(CN(C)CC1CCC1)c1ccccc1F. The van der Waals surface area contributed by atoms with Crippen LogP contribution < -0.4 is 5.32 Å². The molecule has 0 amide bonds. The second-order valence-electron chi connectivity index (χ2n) is 5.38. The molecule has 18 heavy (non-hydrogen) atoms. The van der Waals surface area contributed by atoms with Crippen molar-refractivity contribution >= 4 is 0 Å². The second kappa shape index (κ2) is 6.30. The molecule has 1 atom stereocenters. The van der Waals surface area contributed by atoms with Crippen LogP contribution in [0.5, 0.6) is 0 Å². The Morgan fingerprint density at radius 1 is 1.39 bits per heavy atom. The van der Waals surface area contributed by atoms with Gasteiger partial charge in [-0.15, -0.1) is 0 Å². The van der Waals surface area contributed by atoms with E-state index in [9.17, 15) is 4.39 Å². The quantitative estimate of drug-likeness (QED) is 0.835. The first-order valence-electron chi connectivity index (χ1n) is 6.81. The van der Waals surface area contributed by atoms with Crippen molar-refractivity contribution < 1.29 is 4.39 Å². The monoisotopic (exact) mass is 250 g/mol. The molecule has 1 aliphatic rings. The lowest BCUT2D eigenvalue weighted by Crippen LogP contribution is -2.36. The summed E-state index contributed by atoms with van der Waals surface area (Å²) in [5, 5.41) is 3.22. The molecule has 1 aliphatic carbocycles. The molecule has 0 saturated heterocycles. The van der Waals surface area contributed by atoms with Gasteiger partial charge < -0.3 is 10.2 Å². The van der Waals surface area contributed by atoms with Crippen molar-refractivity contribution in [3.63, 3.8) is 0 Å². The maximum Gasteiger partial charge on any atom is 0.128 e. The Balaban J connectivity index is 1.93. The van der Waals surface area contributed by atoms with Crippen LogP contribution in [0.1, 0.15) is 30.9 Å². The lowest BCUT2D eigenvalue weighted by Gasteiger charge is -2.32. The van der Waals surface area contributed by atoms with Crippen molar-refractivity contribution in [2.75, 3.05) is 27.2 Å². The van der Waals surface area contributed by atoms with Gasteiger partial charge in [0, 0.05) is 24.7 Å². The molecule has 0 bridgehead atoms. The van der Waals surface area contributed by atoms with Gasteiger partial charge in [-0.25, -0.2) is 4.39 Å². The molecular weight excluding hydrogens is 227 g/mol. The molecule has 3 heteroatoms. The van der Waals surface area contributed by atoms with E-state index in [0.29, 0.717) is 0 Å². The number of benzene rings is 1. The highest BCUT2D eigenvalue weighted by Crippen LogP contribution is 2.27. The molecule has 0 heterocycles. The minimum Gasteiger partial charge on any atom is -0.312 e. The molecule has 1 N–H and O–H groups in total. The zero-order valence-corrected chi connectivity index (χ0v) is 11.3. The van der Waals surface area contributed by atoms with Gasteiger partial charge in [-0.05, 0) is 38.9 Å². The Hall–Kier alpha value is -0.930. The van der Waals surface area contributed by atoms with Crippen molar-refractivity contribution in [1.82, 2.24) is 10.2 Å². The largest absolute Gasteiger partial charge is 0.312 e. The number of nitrogens with zero attached hydrogens (tertiary/aromatic N) is 1. The zero-order chi connectivity index (χ0) is 13.0. The molecule has 2 nitrogen and oxygen atoms in total. The maximum absolute atomic E-state index is 13.8. The van der Waals surface area contributed by atoms with Gasteiger partial charge in [0.15, 0.2) is 0 Å². The minimum atomic E-state index is -0.117. The molecular formula is C15H23FN2. The fourth-order valence-electron chi connectivity index (χ4n) is 2.61. The lowest BCUT2D eigenvalue weighted by atomic mass is 9.85. The molecule has 0 radical (unpaired) electrons. The summed E-state index contributed by atoms with van der Waals surface area (Å²) in [5.41, 5.74) is 0.764. The number of hydrogen-bond donors (Lipinski definition) is 1. The van der Waals surface area contributed by atoms with E-state index >= 15 is 0 Å². The first-order valence-corrected chi connectivity index (χ1v) is 6.81. The highest BCUT2D eigenvalue weighted by atomic mass is 19.1. The van der Waals surface area contributed by atoms with E-state index in [1.165, 1.54) is 25.3 Å². The summed E-state index contributed by atoms with van der Waals surface area (Å²) >= 11 is 0. The number of hydrogen-bond acceptors (Lipinski definition) is 2. The third kappa shape index (κ3) is 3.30. The van der Waals surface area contributed by atoms with Crippen LogP contribution in [0, 0.1) is 11.7 Å². The van der Waals surface area contributed by atoms with Crippen LogP contribution >= 0.6 is 0 Å². The van der Waals surface area contributed by atoms with Crippen LogP contribution in [0.4, 0.5) is 4.39 Å². The minimum absolute atomic E-state index is 0.0660. The standard InChI is InChI=1S/C15H23FN2/c1-17-15(13-8-3-4-9-14(13)16)11-18(2)10-12-6-5-7-12/h3-4,8-9,12,15,17H,5-7,10-11H2,1-2H3. The van der Waals surface area contributed by atoms with Gasteiger partial charge in [0.1, 0.15) is 5.82 Å².